The molecule has 27 heavy (non-hydrogen) atoms. The van der Waals surface area contributed by atoms with E-state index >= 15 is 0 Å². The number of thioether (sulfide) groups is 1. The van der Waals surface area contributed by atoms with E-state index in [0.717, 1.165) is 22.0 Å². The molecular weight excluding hydrogens is 366 g/mol. The summed E-state index contributed by atoms with van der Waals surface area (Å²) in [5, 5.41) is 2.75. The Morgan fingerprint density at radius 3 is 2.07 bits per heavy atom. The summed E-state index contributed by atoms with van der Waals surface area (Å²) < 4.78 is 15.4. The van der Waals surface area contributed by atoms with Crippen molar-refractivity contribution in [3.05, 3.63) is 54.1 Å². The number of nitrogens with one attached hydrogen (secondary N) is 1. The predicted octanol–water partition coefficient (Wildman–Crippen LogP) is 3.04. The molecule has 0 radical (unpaired) electrons. The number of ether oxygens (including phenoxy) is 3. The number of carbonyl (C=O) groups excluding carboxylic acids is 2. The number of benzene rings is 2. The summed E-state index contributed by atoms with van der Waals surface area (Å²) in [5.74, 6) is 0.852. The molecule has 0 aromatic heterocycles. The molecule has 1 amide bonds. The maximum atomic E-state index is 12.1. The number of hydrogen-bond acceptors (Lipinski definition) is 6. The summed E-state index contributed by atoms with van der Waals surface area (Å²) in [6, 6.07) is 14.7. The van der Waals surface area contributed by atoms with E-state index in [9.17, 15) is 9.59 Å². The van der Waals surface area contributed by atoms with Crippen LogP contribution in [0.4, 0.5) is 0 Å². The van der Waals surface area contributed by atoms with Crippen molar-refractivity contribution in [3.8, 4) is 11.5 Å². The molecule has 0 unspecified atom stereocenters. The second-order valence-electron chi connectivity index (χ2n) is 5.66. The van der Waals surface area contributed by atoms with Gasteiger partial charge in [0.1, 0.15) is 11.5 Å². The molecule has 2 aromatic carbocycles. The molecule has 0 aliphatic heterocycles. The van der Waals surface area contributed by atoms with E-state index in [4.69, 9.17) is 14.2 Å². The van der Waals surface area contributed by atoms with Crippen LogP contribution in [0.15, 0.2) is 53.4 Å². The summed E-state index contributed by atoms with van der Waals surface area (Å²) in [6.07, 6.45) is -0.854. The van der Waals surface area contributed by atoms with Crippen molar-refractivity contribution < 1.29 is 23.8 Å². The zero-order valence-corrected chi connectivity index (χ0v) is 16.4. The van der Waals surface area contributed by atoms with E-state index in [1.807, 2.05) is 48.5 Å². The van der Waals surface area contributed by atoms with Gasteiger partial charge in [-0.05, 0) is 48.9 Å². The Labute approximate surface area is 163 Å². The first-order chi connectivity index (χ1) is 13.0. The van der Waals surface area contributed by atoms with Crippen molar-refractivity contribution in [2.75, 3.05) is 20.0 Å². The van der Waals surface area contributed by atoms with E-state index in [1.54, 1.807) is 21.1 Å². The number of hydrogen-bond donors (Lipinski definition) is 1. The van der Waals surface area contributed by atoms with Gasteiger partial charge in [0.2, 0.25) is 0 Å². The lowest BCUT2D eigenvalue weighted by Crippen LogP contribution is -2.35. The Hall–Kier alpha value is -2.67. The molecule has 144 valence electrons. The highest BCUT2D eigenvalue weighted by Crippen LogP contribution is 2.21. The first-order valence-electron chi connectivity index (χ1n) is 8.39. The molecule has 0 saturated heterocycles. The average Bonchev–Trinajstić information content (AvgIpc) is 2.71. The minimum Gasteiger partial charge on any atom is -0.497 e. The third-order valence-corrected chi connectivity index (χ3v) is 4.70. The molecule has 0 fully saturated rings. The third-order valence-electron chi connectivity index (χ3n) is 3.72. The molecule has 2 aromatic rings. The van der Waals surface area contributed by atoms with Crippen LogP contribution >= 0.6 is 11.8 Å². The van der Waals surface area contributed by atoms with Gasteiger partial charge in [-0.2, -0.15) is 0 Å². The molecule has 0 heterocycles. The van der Waals surface area contributed by atoms with Crippen molar-refractivity contribution in [2.24, 2.45) is 0 Å². The highest BCUT2D eigenvalue weighted by atomic mass is 32.2. The van der Waals surface area contributed by atoms with Crippen LogP contribution in [0.1, 0.15) is 12.5 Å². The van der Waals surface area contributed by atoms with Crippen molar-refractivity contribution >= 4 is 23.6 Å². The fourth-order valence-electron chi connectivity index (χ4n) is 2.18. The van der Waals surface area contributed by atoms with Crippen LogP contribution in [0.5, 0.6) is 11.5 Å². The molecule has 1 N–H and O–H groups in total. The topological polar surface area (TPSA) is 73.9 Å². The molecule has 0 aliphatic carbocycles. The second-order valence-corrected chi connectivity index (χ2v) is 6.71. The van der Waals surface area contributed by atoms with Crippen molar-refractivity contribution in [1.29, 1.82) is 0 Å². The predicted molar refractivity (Wildman–Crippen MR) is 104 cm³/mol. The van der Waals surface area contributed by atoms with Crippen LogP contribution in [-0.4, -0.2) is 38.0 Å². The highest BCUT2D eigenvalue weighted by Gasteiger charge is 2.17. The van der Waals surface area contributed by atoms with Crippen molar-refractivity contribution in [1.82, 2.24) is 5.32 Å². The van der Waals surface area contributed by atoms with Crippen LogP contribution in [-0.2, 0) is 20.9 Å². The lowest BCUT2D eigenvalue weighted by molar-refractivity contribution is -0.152. The van der Waals surface area contributed by atoms with E-state index in [2.05, 4.69) is 5.32 Å². The molecule has 0 aliphatic rings. The molecule has 6 nitrogen and oxygen atoms in total. The maximum Gasteiger partial charge on any atom is 0.317 e. The van der Waals surface area contributed by atoms with Crippen molar-refractivity contribution in [3.63, 3.8) is 0 Å². The fourth-order valence-corrected chi connectivity index (χ4v) is 2.86. The van der Waals surface area contributed by atoms with Crippen LogP contribution in [0, 0.1) is 0 Å². The van der Waals surface area contributed by atoms with Gasteiger partial charge in [0, 0.05) is 11.4 Å². The Morgan fingerprint density at radius 1 is 0.963 bits per heavy atom. The smallest absolute Gasteiger partial charge is 0.317 e. The van der Waals surface area contributed by atoms with Gasteiger partial charge in [0.05, 0.1) is 20.0 Å². The van der Waals surface area contributed by atoms with Gasteiger partial charge >= 0.3 is 5.97 Å². The number of carbonyl (C=O) groups is 2. The quantitative estimate of drug-likeness (QED) is 0.525. The van der Waals surface area contributed by atoms with Crippen LogP contribution in [0.2, 0.25) is 0 Å². The first kappa shape index (κ1) is 20.6. The zero-order valence-electron chi connectivity index (χ0n) is 15.6. The minimum absolute atomic E-state index is 0.127. The Bertz CT molecular complexity index is 746. The lowest BCUT2D eigenvalue weighted by Gasteiger charge is -2.13. The largest absolute Gasteiger partial charge is 0.497 e. The van der Waals surface area contributed by atoms with Gasteiger partial charge in [-0.15, -0.1) is 11.8 Å². The summed E-state index contributed by atoms with van der Waals surface area (Å²) in [6.45, 7) is 1.91. The fraction of sp³-hybridized carbons (Fsp3) is 0.300. The SMILES string of the molecule is COc1ccc(CNC(=O)[C@H](C)OC(=O)CSc2ccc(OC)cc2)cc1. The zero-order chi connectivity index (χ0) is 19.6. The minimum atomic E-state index is -0.854. The van der Waals surface area contributed by atoms with E-state index < -0.39 is 12.1 Å². The van der Waals surface area contributed by atoms with Gasteiger partial charge in [-0.1, -0.05) is 12.1 Å². The molecule has 0 saturated carbocycles. The molecule has 0 spiro atoms. The number of methoxy groups -OCH3 is 2. The van der Waals surface area contributed by atoms with Gasteiger partial charge in [0.15, 0.2) is 6.10 Å². The lowest BCUT2D eigenvalue weighted by atomic mass is 10.2. The molecule has 1 atom stereocenters. The van der Waals surface area contributed by atoms with Gasteiger partial charge in [0.25, 0.3) is 5.91 Å². The summed E-state index contributed by atoms with van der Waals surface area (Å²) in [5.41, 5.74) is 0.928. The van der Waals surface area contributed by atoms with Gasteiger partial charge < -0.3 is 19.5 Å². The number of esters is 1. The molecular formula is C20H23NO5S. The Balaban J connectivity index is 1.72. The maximum absolute atomic E-state index is 12.1. The Kier molecular flexibility index (Phi) is 8.00. The van der Waals surface area contributed by atoms with Gasteiger partial charge in [-0.3, -0.25) is 9.59 Å². The second kappa shape index (κ2) is 10.5. The average molecular weight is 389 g/mol. The summed E-state index contributed by atoms with van der Waals surface area (Å²) in [4.78, 5) is 24.9. The number of rotatable bonds is 9. The monoisotopic (exact) mass is 389 g/mol. The Morgan fingerprint density at radius 2 is 1.52 bits per heavy atom. The van der Waals surface area contributed by atoms with E-state index in [0.29, 0.717) is 6.54 Å². The van der Waals surface area contributed by atoms with E-state index in [1.165, 1.54) is 11.8 Å². The van der Waals surface area contributed by atoms with Crippen molar-refractivity contribution in [2.45, 2.75) is 24.5 Å². The third kappa shape index (κ3) is 6.86. The van der Waals surface area contributed by atoms with Crippen LogP contribution in [0.3, 0.4) is 0 Å². The molecule has 0 bridgehead atoms. The summed E-state index contributed by atoms with van der Waals surface area (Å²) >= 11 is 1.34. The van der Waals surface area contributed by atoms with Gasteiger partial charge in [-0.25, -0.2) is 0 Å². The molecule has 2 rings (SSSR count). The first-order valence-corrected chi connectivity index (χ1v) is 9.37. The van der Waals surface area contributed by atoms with Crippen LogP contribution < -0.4 is 14.8 Å². The van der Waals surface area contributed by atoms with Crippen LogP contribution in [0.25, 0.3) is 0 Å². The summed E-state index contributed by atoms with van der Waals surface area (Å²) in [7, 11) is 3.19. The normalized spacial score (nSPS) is 11.4. The highest BCUT2D eigenvalue weighted by molar-refractivity contribution is 8.00. The standard InChI is InChI=1S/C20H23NO5S/c1-14(20(23)21-12-15-4-6-16(24-2)7-5-15)26-19(22)13-27-18-10-8-17(25-3)9-11-18/h4-11,14H,12-13H2,1-3H3,(H,21,23)/t14-/m0/s1. The van der Waals surface area contributed by atoms with E-state index in [-0.39, 0.29) is 11.7 Å². The number of amides is 1. The molecule has 7 heteroatoms.